The molecular formula is C32H43N3O2. The number of rotatable bonds is 6. The molecule has 2 aromatic rings. The second-order valence-corrected chi connectivity index (χ2v) is 11.7. The van der Waals surface area contributed by atoms with Crippen LogP contribution in [-0.2, 0) is 11.2 Å². The number of piperidine rings is 2. The number of hydrogen-bond donors (Lipinski definition) is 1. The van der Waals surface area contributed by atoms with Crippen LogP contribution in [0.4, 0.5) is 11.4 Å². The molecule has 5 heteroatoms. The summed E-state index contributed by atoms with van der Waals surface area (Å²) in [6.45, 7) is 5.83. The van der Waals surface area contributed by atoms with Crippen LogP contribution in [0.2, 0.25) is 0 Å². The molecule has 0 unspecified atom stereocenters. The van der Waals surface area contributed by atoms with Crippen LogP contribution in [0.5, 0.6) is 0 Å². The van der Waals surface area contributed by atoms with Gasteiger partial charge in [0.15, 0.2) is 0 Å². The van der Waals surface area contributed by atoms with Crippen molar-refractivity contribution in [3.63, 3.8) is 0 Å². The maximum atomic E-state index is 13.8. The van der Waals surface area contributed by atoms with Gasteiger partial charge in [0.1, 0.15) is 0 Å². The van der Waals surface area contributed by atoms with E-state index < -0.39 is 0 Å². The van der Waals surface area contributed by atoms with E-state index in [1.807, 2.05) is 17.0 Å². The van der Waals surface area contributed by atoms with Crippen LogP contribution in [0.3, 0.4) is 0 Å². The van der Waals surface area contributed by atoms with Crippen molar-refractivity contribution in [3.05, 3.63) is 59.7 Å². The summed E-state index contributed by atoms with van der Waals surface area (Å²) < 4.78 is 0. The van der Waals surface area contributed by atoms with E-state index in [1.165, 1.54) is 12.0 Å². The fraction of sp³-hybridized carbons (Fsp3) is 0.562. The molecule has 1 aliphatic carbocycles. The van der Waals surface area contributed by atoms with Crippen molar-refractivity contribution in [1.29, 1.82) is 0 Å². The average Bonchev–Trinajstić information content (AvgIpc) is 2.94. The topological polar surface area (TPSA) is 52.7 Å². The molecule has 1 saturated carbocycles. The molecule has 3 fully saturated rings. The predicted molar refractivity (Wildman–Crippen MR) is 151 cm³/mol. The van der Waals surface area contributed by atoms with Crippen molar-refractivity contribution in [3.8, 4) is 0 Å². The molecule has 0 bridgehead atoms. The maximum Gasteiger partial charge on any atom is 0.256 e. The zero-order chi connectivity index (χ0) is 25.6. The third kappa shape index (κ3) is 6.55. The van der Waals surface area contributed by atoms with Crippen molar-refractivity contribution in [1.82, 2.24) is 4.90 Å². The van der Waals surface area contributed by atoms with E-state index in [0.29, 0.717) is 11.8 Å². The molecule has 1 N–H and O–H groups in total. The van der Waals surface area contributed by atoms with Crippen LogP contribution in [0.25, 0.3) is 0 Å². The van der Waals surface area contributed by atoms with Gasteiger partial charge < -0.3 is 15.1 Å². The Morgan fingerprint density at radius 2 is 1.54 bits per heavy atom. The van der Waals surface area contributed by atoms with Crippen LogP contribution in [0.15, 0.2) is 48.5 Å². The van der Waals surface area contributed by atoms with Gasteiger partial charge in [0.05, 0.1) is 5.56 Å². The largest absolute Gasteiger partial charge is 0.371 e. The van der Waals surface area contributed by atoms with E-state index in [1.54, 1.807) is 0 Å². The highest BCUT2D eigenvalue weighted by molar-refractivity contribution is 6.02. The van der Waals surface area contributed by atoms with Crippen LogP contribution < -0.4 is 10.2 Å². The second-order valence-electron chi connectivity index (χ2n) is 11.7. The Labute approximate surface area is 222 Å². The van der Waals surface area contributed by atoms with Gasteiger partial charge in [-0.25, -0.2) is 0 Å². The van der Waals surface area contributed by atoms with E-state index >= 15 is 0 Å². The minimum atomic E-state index is 0.0970. The van der Waals surface area contributed by atoms with Gasteiger partial charge in [0.25, 0.3) is 5.91 Å². The summed E-state index contributed by atoms with van der Waals surface area (Å²) in [6.07, 6.45) is 10.9. The monoisotopic (exact) mass is 501 g/mol. The van der Waals surface area contributed by atoms with E-state index in [0.717, 1.165) is 101 Å². The summed E-state index contributed by atoms with van der Waals surface area (Å²) in [7, 11) is 0. The highest BCUT2D eigenvalue weighted by Crippen LogP contribution is 2.32. The lowest BCUT2D eigenvalue weighted by atomic mass is 9.88. The van der Waals surface area contributed by atoms with E-state index in [-0.39, 0.29) is 17.7 Å². The molecule has 5 rings (SSSR count). The van der Waals surface area contributed by atoms with Crippen molar-refractivity contribution in [2.75, 3.05) is 36.4 Å². The number of amides is 2. The number of benzene rings is 2. The van der Waals surface area contributed by atoms with Crippen LogP contribution in [0, 0.1) is 17.8 Å². The lowest BCUT2D eigenvalue weighted by Gasteiger charge is -2.36. The SMILES string of the molecule is CC1CCN(C(=O)c2cc(NC(=O)C3CCCCC3)ccc2N2CCC(Cc3ccccc3)CC2)CC1. The summed E-state index contributed by atoms with van der Waals surface area (Å²) in [6, 6.07) is 16.8. The van der Waals surface area contributed by atoms with Gasteiger partial charge in [-0.2, -0.15) is 0 Å². The molecule has 2 saturated heterocycles. The third-order valence-corrected chi connectivity index (χ3v) is 8.86. The molecule has 37 heavy (non-hydrogen) atoms. The molecule has 198 valence electrons. The minimum absolute atomic E-state index is 0.0970. The first kappa shape index (κ1) is 25.8. The standard InChI is InChI=1S/C32H43N3O2/c1-24-14-18-35(19-15-24)32(37)29-23-28(33-31(36)27-10-6-3-7-11-27)12-13-30(29)34-20-16-26(17-21-34)22-25-8-4-2-5-9-25/h2,4-5,8-9,12-13,23-24,26-27H,3,6-7,10-11,14-22H2,1H3,(H,33,36). The molecule has 0 aromatic heterocycles. The van der Waals surface area contributed by atoms with E-state index in [4.69, 9.17) is 0 Å². The lowest BCUT2D eigenvalue weighted by Crippen LogP contribution is -2.40. The number of carbonyl (C=O) groups excluding carboxylic acids is 2. The lowest BCUT2D eigenvalue weighted by molar-refractivity contribution is -0.120. The van der Waals surface area contributed by atoms with E-state index in [9.17, 15) is 9.59 Å². The molecule has 0 spiro atoms. The fourth-order valence-corrected chi connectivity index (χ4v) is 6.38. The Balaban J connectivity index is 1.31. The molecule has 2 aliphatic heterocycles. The second kappa shape index (κ2) is 12.1. The van der Waals surface area contributed by atoms with Gasteiger partial charge in [-0.15, -0.1) is 0 Å². The van der Waals surface area contributed by atoms with Gasteiger partial charge in [0.2, 0.25) is 5.91 Å². The molecule has 2 aromatic carbocycles. The smallest absolute Gasteiger partial charge is 0.256 e. The first-order valence-electron chi connectivity index (χ1n) is 14.6. The van der Waals surface area contributed by atoms with Crippen LogP contribution in [-0.4, -0.2) is 42.9 Å². The predicted octanol–water partition coefficient (Wildman–Crippen LogP) is 6.54. The Morgan fingerprint density at radius 1 is 0.838 bits per heavy atom. The van der Waals surface area contributed by atoms with Gasteiger partial charge >= 0.3 is 0 Å². The normalized spacial score (nSPS) is 20.1. The number of hydrogen-bond acceptors (Lipinski definition) is 3. The molecule has 2 heterocycles. The zero-order valence-electron chi connectivity index (χ0n) is 22.5. The highest BCUT2D eigenvalue weighted by atomic mass is 16.2. The van der Waals surface area contributed by atoms with Gasteiger partial charge in [0, 0.05) is 43.5 Å². The number of nitrogens with zero attached hydrogens (tertiary/aromatic N) is 2. The minimum Gasteiger partial charge on any atom is -0.371 e. The van der Waals surface area contributed by atoms with Crippen molar-refractivity contribution in [2.45, 2.75) is 71.1 Å². The highest BCUT2D eigenvalue weighted by Gasteiger charge is 2.28. The molecule has 2 amide bonds. The number of anilines is 2. The van der Waals surface area contributed by atoms with Gasteiger partial charge in [-0.1, -0.05) is 56.5 Å². The van der Waals surface area contributed by atoms with Crippen molar-refractivity contribution in [2.24, 2.45) is 17.8 Å². The average molecular weight is 502 g/mol. The Morgan fingerprint density at radius 3 is 2.24 bits per heavy atom. The molecule has 3 aliphatic rings. The molecule has 5 nitrogen and oxygen atoms in total. The Kier molecular flexibility index (Phi) is 8.48. The molecular weight excluding hydrogens is 458 g/mol. The van der Waals surface area contributed by atoms with Crippen molar-refractivity contribution < 1.29 is 9.59 Å². The number of nitrogens with one attached hydrogen (secondary N) is 1. The Hall–Kier alpha value is -2.82. The Bertz CT molecular complexity index is 1050. The number of carbonyl (C=O) groups is 2. The first-order valence-corrected chi connectivity index (χ1v) is 14.6. The maximum absolute atomic E-state index is 13.8. The first-order chi connectivity index (χ1) is 18.1. The van der Waals surface area contributed by atoms with Crippen LogP contribution in [0.1, 0.15) is 80.6 Å². The zero-order valence-corrected chi connectivity index (χ0v) is 22.5. The summed E-state index contributed by atoms with van der Waals surface area (Å²) >= 11 is 0. The fourth-order valence-electron chi connectivity index (χ4n) is 6.38. The summed E-state index contributed by atoms with van der Waals surface area (Å²) in [4.78, 5) is 31.2. The van der Waals surface area contributed by atoms with Gasteiger partial charge in [-0.3, -0.25) is 9.59 Å². The summed E-state index contributed by atoms with van der Waals surface area (Å²) in [5, 5.41) is 3.15. The quantitative estimate of drug-likeness (QED) is 0.489. The third-order valence-electron chi connectivity index (χ3n) is 8.86. The molecule has 0 radical (unpaired) electrons. The van der Waals surface area contributed by atoms with Crippen molar-refractivity contribution >= 4 is 23.2 Å². The van der Waals surface area contributed by atoms with Crippen LogP contribution >= 0.6 is 0 Å². The summed E-state index contributed by atoms with van der Waals surface area (Å²) in [5.41, 5.74) is 3.94. The van der Waals surface area contributed by atoms with E-state index in [2.05, 4.69) is 53.5 Å². The number of likely N-dealkylation sites (tertiary alicyclic amines) is 1. The molecule has 0 atom stereocenters. The van der Waals surface area contributed by atoms with Gasteiger partial charge in [-0.05, 0) is 80.5 Å². The summed E-state index contributed by atoms with van der Waals surface area (Å²) in [5.74, 6) is 1.67.